The van der Waals surface area contributed by atoms with Crippen LogP contribution in [0.5, 0.6) is 5.75 Å². The summed E-state index contributed by atoms with van der Waals surface area (Å²) in [5.74, 6) is 1.66. The van der Waals surface area contributed by atoms with Gasteiger partial charge in [0.1, 0.15) is 11.6 Å². The summed E-state index contributed by atoms with van der Waals surface area (Å²) in [6.45, 7) is 3.66. The Morgan fingerprint density at radius 1 is 1.44 bits per heavy atom. The smallest absolute Gasteiger partial charge is 0.153 e. The van der Waals surface area contributed by atoms with Gasteiger partial charge in [0.15, 0.2) is 6.10 Å². The van der Waals surface area contributed by atoms with Gasteiger partial charge in [-0.15, -0.1) is 0 Å². The Morgan fingerprint density at radius 2 is 2.22 bits per heavy atom. The highest BCUT2D eigenvalue weighted by atomic mass is 16.5. The number of amidine groups is 1. The number of anilines is 2. The van der Waals surface area contributed by atoms with Crippen LogP contribution in [0.25, 0.3) is 0 Å². The maximum absolute atomic E-state index is 5.80. The molecule has 0 aliphatic carbocycles. The molecule has 0 spiro atoms. The monoisotopic (exact) mass is 248 g/mol. The third-order valence-electron chi connectivity index (χ3n) is 2.79. The lowest BCUT2D eigenvalue weighted by Crippen LogP contribution is -2.35. The first-order valence-electron chi connectivity index (χ1n) is 6.08. The molecule has 1 aromatic carbocycles. The molecular formula is C13H20N4O. The van der Waals surface area contributed by atoms with Gasteiger partial charge < -0.3 is 20.7 Å². The van der Waals surface area contributed by atoms with Gasteiger partial charge in [-0.3, -0.25) is 4.99 Å². The van der Waals surface area contributed by atoms with Gasteiger partial charge in [0.2, 0.25) is 0 Å². The number of rotatable bonds is 3. The maximum atomic E-state index is 5.80. The van der Waals surface area contributed by atoms with Crippen molar-refractivity contribution in [3.05, 3.63) is 18.2 Å². The molecule has 1 aromatic rings. The Morgan fingerprint density at radius 3 is 2.94 bits per heavy atom. The maximum Gasteiger partial charge on any atom is 0.153 e. The first-order chi connectivity index (χ1) is 8.56. The normalized spacial score (nSPS) is 20.4. The average Bonchev–Trinajstić information content (AvgIpc) is 2.29. The van der Waals surface area contributed by atoms with Gasteiger partial charge in [0.05, 0.1) is 12.2 Å². The second kappa shape index (κ2) is 5.27. The molecule has 98 valence electrons. The lowest BCUT2D eigenvalue weighted by Gasteiger charge is -2.26. The van der Waals surface area contributed by atoms with Gasteiger partial charge >= 0.3 is 0 Å². The topological polar surface area (TPSA) is 62.9 Å². The number of fused-ring (bicyclic) bond motifs is 1. The summed E-state index contributed by atoms with van der Waals surface area (Å²) in [6.07, 6.45) is -0.0681. The summed E-state index contributed by atoms with van der Waals surface area (Å²) < 4.78 is 5.80. The second-order valence-corrected chi connectivity index (χ2v) is 4.71. The second-order valence-electron chi connectivity index (χ2n) is 4.71. The third kappa shape index (κ3) is 2.92. The highest BCUT2D eigenvalue weighted by Crippen LogP contribution is 2.31. The largest absolute Gasteiger partial charge is 0.481 e. The van der Waals surface area contributed by atoms with Crippen molar-refractivity contribution in [1.82, 2.24) is 4.90 Å². The molecule has 0 radical (unpaired) electrons. The molecule has 5 heteroatoms. The minimum Gasteiger partial charge on any atom is -0.481 e. The number of nitrogens with two attached hydrogens (primary N) is 1. The van der Waals surface area contributed by atoms with Gasteiger partial charge in [0.25, 0.3) is 0 Å². The molecule has 2 rings (SSSR count). The lowest BCUT2D eigenvalue weighted by atomic mass is 10.2. The van der Waals surface area contributed by atoms with Crippen molar-refractivity contribution in [2.75, 3.05) is 38.2 Å². The Bertz CT molecular complexity index is 456. The Labute approximate surface area is 108 Å². The van der Waals surface area contributed by atoms with E-state index in [-0.39, 0.29) is 6.10 Å². The Kier molecular flexibility index (Phi) is 3.72. The standard InChI is InChI=1S/C13H20N4O/c1-9-13(15-6-7-17(2)3)16-11-5-4-10(14)8-12(11)18-9/h4-5,8-9H,6-7,14H2,1-3H3,(H,15,16). The van der Waals surface area contributed by atoms with Crippen molar-refractivity contribution in [2.45, 2.75) is 13.0 Å². The Balaban J connectivity index is 2.10. The summed E-state index contributed by atoms with van der Waals surface area (Å²) in [6, 6.07) is 5.59. The van der Waals surface area contributed by atoms with Crippen LogP contribution in [0.15, 0.2) is 23.2 Å². The molecule has 0 saturated heterocycles. The molecule has 1 aliphatic rings. The molecule has 1 aliphatic heterocycles. The average molecular weight is 248 g/mol. The Hall–Kier alpha value is -1.75. The first kappa shape index (κ1) is 12.7. The van der Waals surface area contributed by atoms with E-state index >= 15 is 0 Å². The van der Waals surface area contributed by atoms with Gasteiger partial charge in [-0.2, -0.15) is 0 Å². The zero-order valence-corrected chi connectivity index (χ0v) is 11.1. The summed E-state index contributed by atoms with van der Waals surface area (Å²) >= 11 is 0. The van der Waals surface area contributed by atoms with Crippen molar-refractivity contribution >= 4 is 17.2 Å². The van der Waals surface area contributed by atoms with Crippen molar-refractivity contribution in [3.63, 3.8) is 0 Å². The number of benzene rings is 1. The number of hydrogen-bond acceptors (Lipinski definition) is 4. The van der Waals surface area contributed by atoms with Gasteiger partial charge in [-0.05, 0) is 33.2 Å². The van der Waals surface area contributed by atoms with E-state index in [0.717, 1.165) is 30.4 Å². The third-order valence-corrected chi connectivity index (χ3v) is 2.79. The van der Waals surface area contributed by atoms with E-state index in [1.165, 1.54) is 0 Å². The van der Waals surface area contributed by atoms with E-state index in [4.69, 9.17) is 10.5 Å². The quantitative estimate of drug-likeness (QED) is 0.794. The molecule has 5 nitrogen and oxygen atoms in total. The van der Waals surface area contributed by atoms with Crippen molar-refractivity contribution < 1.29 is 4.74 Å². The number of aliphatic imine (C=N–C) groups is 1. The molecule has 1 unspecified atom stereocenters. The number of nitrogens with zero attached hydrogens (tertiary/aromatic N) is 2. The van der Waals surface area contributed by atoms with Crippen LogP contribution in [0.3, 0.4) is 0 Å². The van der Waals surface area contributed by atoms with Crippen LogP contribution < -0.4 is 15.8 Å². The summed E-state index contributed by atoms with van der Waals surface area (Å²) in [7, 11) is 4.07. The van der Waals surface area contributed by atoms with Crippen molar-refractivity contribution in [1.29, 1.82) is 0 Å². The molecule has 0 fully saturated rings. The predicted molar refractivity (Wildman–Crippen MR) is 75.4 cm³/mol. The number of nitrogen functional groups attached to an aromatic ring is 1. The van der Waals surface area contributed by atoms with Gasteiger partial charge in [-0.25, -0.2) is 0 Å². The van der Waals surface area contributed by atoms with Crippen LogP contribution in [-0.2, 0) is 0 Å². The predicted octanol–water partition coefficient (Wildman–Crippen LogP) is 1.42. The zero-order chi connectivity index (χ0) is 13.1. The lowest BCUT2D eigenvalue weighted by molar-refractivity contribution is 0.282. The minimum atomic E-state index is -0.0681. The van der Waals surface area contributed by atoms with Crippen LogP contribution in [0.1, 0.15) is 6.92 Å². The summed E-state index contributed by atoms with van der Waals surface area (Å²) in [5.41, 5.74) is 7.36. The van der Waals surface area contributed by atoms with Gasteiger partial charge in [-0.1, -0.05) is 0 Å². The molecule has 0 aromatic heterocycles. The zero-order valence-electron chi connectivity index (χ0n) is 11.1. The highest BCUT2D eigenvalue weighted by molar-refractivity contribution is 6.01. The fourth-order valence-electron chi connectivity index (χ4n) is 1.76. The van der Waals surface area contributed by atoms with Crippen LogP contribution in [0.4, 0.5) is 11.4 Å². The summed E-state index contributed by atoms with van der Waals surface area (Å²) in [4.78, 5) is 6.64. The van der Waals surface area contributed by atoms with E-state index < -0.39 is 0 Å². The van der Waals surface area contributed by atoms with E-state index in [9.17, 15) is 0 Å². The van der Waals surface area contributed by atoms with Crippen LogP contribution in [-0.4, -0.2) is 44.0 Å². The number of nitrogens with one attached hydrogen (secondary N) is 1. The molecule has 3 N–H and O–H groups in total. The van der Waals surface area contributed by atoms with Gasteiger partial charge in [0, 0.05) is 18.3 Å². The van der Waals surface area contributed by atoms with Crippen molar-refractivity contribution in [3.8, 4) is 5.75 Å². The fraction of sp³-hybridized carbons (Fsp3) is 0.462. The van der Waals surface area contributed by atoms with E-state index in [1.54, 1.807) is 0 Å². The molecule has 1 heterocycles. The SMILES string of the molecule is CC1Oc2cc(N)ccc2NC1=NCCN(C)C. The summed E-state index contributed by atoms with van der Waals surface area (Å²) in [5, 5.41) is 3.30. The fourth-order valence-corrected chi connectivity index (χ4v) is 1.76. The van der Waals surface area contributed by atoms with Crippen LogP contribution >= 0.6 is 0 Å². The minimum absolute atomic E-state index is 0.0681. The number of likely N-dealkylation sites (N-methyl/N-ethyl adjacent to an activating group) is 1. The number of hydrogen-bond donors (Lipinski definition) is 2. The van der Waals surface area contributed by atoms with Crippen LogP contribution in [0.2, 0.25) is 0 Å². The first-order valence-corrected chi connectivity index (χ1v) is 6.08. The molecule has 0 amide bonds. The van der Waals surface area contributed by atoms with E-state index in [2.05, 4.69) is 15.2 Å². The molecule has 0 saturated carbocycles. The molecule has 1 atom stereocenters. The number of ether oxygens (including phenoxy) is 1. The van der Waals surface area contributed by atoms with E-state index in [1.807, 2.05) is 39.2 Å². The van der Waals surface area contributed by atoms with Crippen LogP contribution in [0, 0.1) is 0 Å². The highest BCUT2D eigenvalue weighted by Gasteiger charge is 2.21. The van der Waals surface area contributed by atoms with E-state index in [0.29, 0.717) is 5.69 Å². The molecular weight excluding hydrogens is 228 g/mol. The van der Waals surface area contributed by atoms with Crippen molar-refractivity contribution in [2.24, 2.45) is 4.99 Å². The molecule has 18 heavy (non-hydrogen) atoms. The molecule has 0 bridgehead atoms.